The zero-order valence-corrected chi connectivity index (χ0v) is 7.01. The molecule has 0 spiro atoms. The maximum absolute atomic E-state index is 10.5. The second-order valence-corrected chi connectivity index (χ2v) is 2.83. The van der Waals surface area contributed by atoms with E-state index in [1.54, 1.807) is 6.07 Å². The van der Waals surface area contributed by atoms with E-state index in [4.69, 9.17) is 22.4 Å². The Balaban J connectivity index is 2.93. The quantitative estimate of drug-likeness (QED) is 0.724. The maximum atomic E-state index is 10.5. The van der Waals surface area contributed by atoms with Gasteiger partial charge in [0.25, 0.3) is 0 Å². The highest BCUT2D eigenvalue weighted by atomic mass is 35.5. The molecule has 0 fully saturated rings. The number of halogens is 1. The van der Waals surface area contributed by atoms with Gasteiger partial charge in [0.15, 0.2) is 0 Å². The predicted octanol–water partition coefficient (Wildman–Crippen LogP) is 1.07. The number of phenols is 1. The van der Waals surface area contributed by atoms with E-state index in [-0.39, 0.29) is 12.2 Å². The van der Waals surface area contributed by atoms with E-state index in [9.17, 15) is 4.79 Å². The van der Waals surface area contributed by atoms with Crippen molar-refractivity contribution in [3.8, 4) is 5.75 Å². The minimum atomic E-state index is -0.442. The molecule has 12 heavy (non-hydrogen) atoms. The average molecular weight is 186 g/mol. The van der Waals surface area contributed by atoms with Gasteiger partial charge in [0.1, 0.15) is 5.75 Å². The van der Waals surface area contributed by atoms with Crippen LogP contribution in [0.4, 0.5) is 0 Å². The van der Waals surface area contributed by atoms with E-state index in [1.165, 1.54) is 12.1 Å². The van der Waals surface area contributed by atoms with Crippen molar-refractivity contribution in [3.63, 3.8) is 0 Å². The summed E-state index contributed by atoms with van der Waals surface area (Å²) in [6.45, 7) is 0. The standard InChI is InChI=1S/C8H8ClNO2/c9-7-4-6(11)2-1-5(7)3-8(10)12/h1-2,4,11H,3H2,(H2,10,12). The summed E-state index contributed by atoms with van der Waals surface area (Å²) in [5, 5.41) is 9.33. The molecule has 64 valence electrons. The second-order valence-electron chi connectivity index (χ2n) is 2.42. The summed E-state index contributed by atoms with van der Waals surface area (Å²) in [5.41, 5.74) is 5.60. The van der Waals surface area contributed by atoms with Gasteiger partial charge >= 0.3 is 0 Å². The van der Waals surface area contributed by atoms with Crippen LogP contribution in [0.3, 0.4) is 0 Å². The molecule has 3 nitrogen and oxygen atoms in total. The van der Waals surface area contributed by atoms with Gasteiger partial charge in [-0.2, -0.15) is 0 Å². The zero-order chi connectivity index (χ0) is 9.14. The molecule has 1 aromatic rings. The molecule has 1 amide bonds. The first-order chi connectivity index (χ1) is 5.59. The third kappa shape index (κ3) is 2.13. The average Bonchev–Trinajstić information content (AvgIpc) is 1.94. The van der Waals surface area contributed by atoms with Crippen LogP contribution in [0.15, 0.2) is 18.2 Å². The number of benzene rings is 1. The van der Waals surface area contributed by atoms with Gasteiger partial charge in [0.05, 0.1) is 6.42 Å². The molecule has 1 rings (SSSR count). The Labute approximate surface area is 74.8 Å². The Bertz CT molecular complexity index is 312. The summed E-state index contributed by atoms with van der Waals surface area (Å²) in [6, 6.07) is 4.41. The van der Waals surface area contributed by atoms with Crippen molar-refractivity contribution in [1.82, 2.24) is 0 Å². The van der Waals surface area contributed by atoms with Crippen molar-refractivity contribution < 1.29 is 9.90 Å². The number of carbonyl (C=O) groups is 1. The molecule has 0 aliphatic rings. The number of rotatable bonds is 2. The third-order valence-electron chi connectivity index (χ3n) is 1.40. The second kappa shape index (κ2) is 3.45. The fourth-order valence-corrected chi connectivity index (χ4v) is 1.11. The summed E-state index contributed by atoms with van der Waals surface area (Å²) in [6.07, 6.45) is 0.0963. The number of primary amides is 1. The molecule has 0 radical (unpaired) electrons. The Hall–Kier alpha value is -1.22. The van der Waals surface area contributed by atoms with Gasteiger partial charge in [-0.3, -0.25) is 4.79 Å². The Kier molecular flexibility index (Phi) is 2.55. The maximum Gasteiger partial charge on any atom is 0.221 e. The SMILES string of the molecule is NC(=O)Cc1ccc(O)cc1Cl. The van der Waals surface area contributed by atoms with Crippen molar-refractivity contribution in [1.29, 1.82) is 0 Å². The van der Waals surface area contributed by atoms with Crippen LogP contribution in [0.2, 0.25) is 5.02 Å². The minimum Gasteiger partial charge on any atom is -0.508 e. The van der Waals surface area contributed by atoms with E-state index in [0.717, 1.165) is 0 Å². The van der Waals surface area contributed by atoms with Gasteiger partial charge in [-0.1, -0.05) is 17.7 Å². The summed E-state index contributed by atoms with van der Waals surface area (Å²) in [7, 11) is 0. The molecule has 0 heterocycles. The largest absolute Gasteiger partial charge is 0.508 e. The van der Waals surface area contributed by atoms with Crippen LogP contribution in [0.25, 0.3) is 0 Å². The van der Waals surface area contributed by atoms with Crippen LogP contribution in [-0.4, -0.2) is 11.0 Å². The molecule has 4 heteroatoms. The molecule has 0 aliphatic heterocycles. The topological polar surface area (TPSA) is 63.3 Å². The molecular weight excluding hydrogens is 178 g/mol. The minimum absolute atomic E-state index is 0.0771. The van der Waals surface area contributed by atoms with E-state index in [2.05, 4.69) is 0 Å². The third-order valence-corrected chi connectivity index (χ3v) is 1.75. The summed E-state index contributed by atoms with van der Waals surface area (Å²) < 4.78 is 0. The van der Waals surface area contributed by atoms with E-state index < -0.39 is 5.91 Å². The first kappa shape index (κ1) is 8.87. The normalized spacial score (nSPS) is 9.75. The van der Waals surface area contributed by atoms with Crippen molar-refractivity contribution in [2.75, 3.05) is 0 Å². The van der Waals surface area contributed by atoms with E-state index >= 15 is 0 Å². The molecule has 3 N–H and O–H groups in total. The predicted molar refractivity (Wildman–Crippen MR) is 46.0 cm³/mol. The smallest absolute Gasteiger partial charge is 0.221 e. The highest BCUT2D eigenvalue weighted by Gasteiger charge is 2.03. The van der Waals surface area contributed by atoms with Crippen molar-refractivity contribution in [2.24, 2.45) is 5.73 Å². The lowest BCUT2D eigenvalue weighted by atomic mass is 10.1. The number of aromatic hydroxyl groups is 1. The van der Waals surface area contributed by atoms with Crippen LogP contribution >= 0.6 is 11.6 Å². The van der Waals surface area contributed by atoms with Gasteiger partial charge in [-0.15, -0.1) is 0 Å². The van der Waals surface area contributed by atoms with Crippen LogP contribution in [0.5, 0.6) is 5.75 Å². The van der Waals surface area contributed by atoms with E-state index in [0.29, 0.717) is 10.6 Å². The van der Waals surface area contributed by atoms with Gasteiger partial charge in [-0.05, 0) is 17.7 Å². The highest BCUT2D eigenvalue weighted by Crippen LogP contribution is 2.21. The van der Waals surface area contributed by atoms with Crippen molar-refractivity contribution >= 4 is 17.5 Å². The lowest BCUT2D eigenvalue weighted by molar-refractivity contribution is -0.117. The first-order valence-corrected chi connectivity index (χ1v) is 3.73. The molecule has 1 aromatic carbocycles. The molecule has 0 saturated heterocycles. The van der Waals surface area contributed by atoms with Crippen LogP contribution < -0.4 is 5.73 Å². The Morgan fingerprint density at radius 1 is 1.58 bits per heavy atom. The van der Waals surface area contributed by atoms with Gasteiger partial charge < -0.3 is 10.8 Å². The molecule has 0 atom stereocenters. The summed E-state index contributed by atoms with van der Waals surface area (Å²) in [5.74, 6) is -0.365. The summed E-state index contributed by atoms with van der Waals surface area (Å²) in [4.78, 5) is 10.5. The summed E-state index contributed by atoms with van der Waals surface area (Å²) >= 11 is 5.71. The number of hydrogen-bond acceptors (Lipinski definition) is 2. The monoisotopic (exact) mass is 185 g/mol. The van der Waals surface area contributed by atoms with Crippen molar-refractivity contribution in [2.45, 2.75) is 6.42 Å². The molecule has 0 unspecified atom stereocenters. The number of nitrogens with two attached hydrogens (primary N) is 1. The number of phenolic OH excluding ortho intramolecular Hbond substituents is 1. The lowest BCUT2D eigenvalue weighted by Gasteiger charge is -2.00. The number of amides is 1. The van der Waals surface area contributed by atoms with Gasteiger partial charge in [-0.25, -0.2) is 0 Å². The fourth-order valence-electron chi connectivity index (χ4n) is 0.867. The molecular formula is C8H8ClNO2. The van der Waals surface area contributed by atoms with Crippen molar-refractivity contribution in [3.05, 3.63) is 28.8 Å². The first-order valence-electron chi connectivity index (χ1n) is 3.35. The number of carbonyl (C=O) groups excluding carboxylic acids is 1. The Morgan fingerprint density at radius 2 is 2.25 bits per heavy atom. The van der Waals surface area contributed by atoms with Crippen LogP contribution in [-0.2, 0) is 11.2 Å². The van der Waals surface area contributed by atoms with Crippen LogP contribution in [0.1, 0.15) is 5.56 Å². The molecule has 0 aliphatic carbocycles. The zero-order valence-electron chi connectivity index (χ0n) is 6.25. The fraction of sp³-hybridized carbons (Fsp3) is 0.125. The van der Waals surface area contributed by atoms with E-state index in [1.807, 2.05) is 0 Å². The molecule has 0 saturated carbocycles. The van der Waals surface area contributed by atoms with Crippen LogP contribution in [0, 0.1) is 0 Å². The number of hydrogen-bond donors (Lipinski definition) is 2. The molecule has 0 bridgehead atoms. The Morgan fingerprint density at radius 3 is 2.75 bits per heavy atom. The van der Waals surface area contributed by atoms with Gasteiger partial charge in [0.2, 0.25) is 5.91 Å². The van der Waals surface area contributed by atoms with Gasteiger partial charge in [0, 0.05) is 5.02 Å². The molecule has 0 aromatic heterocycles. The highest BCUT2D eigenvalue weighted by molar-refractivity contribution is 6.31. The lowest BCUT2D eigenvalue weighted by Crippen LogP contribution is -2.13.